The van der Waals surface area contributed by atoms with Crippen molar-refractivity contribution >= 4 is 23.3 Å². The molecule has 0 fully saturated rings. The molecule has 0 aliphatic heterocycles. The fourth-order valence-corrected chi connectivity index (χ4v) is 2.71. The summed E-state index contributed by atoms with van der Waals surface area (Å²) < 4.78 is 19.5. The van der Waals surface area contributed by atoms with Crippen LogP contribution in [0, 0.1) is 5.82 Å². The summed E-state index contributed by atoms with van der Waals surface area (Å²) in [5.41, 5.74) is 0.786. The molecule has 0 bridgehead atoms. The maximum absolute atomic E-state index is 13.7. The maximum atomic E-state index is 13.7. The van der Waals surface area contributed by atoms with Gasteiger partial charge in [-0.2, -0.15) is 0 Å². The molecular formula is C21H16FNOS. The van der Waals surface area contributed by atoms with Crippen LogP contribution in [0.2, 0.25) is 0 Å². The molecule has 124 valence electrons. The van der Waals surface area contributed by atoms with Gasteiger partial charge in [-0.1, -0.05) is 60.3 Å². The molecular weight excluding hydrogens is 333 g/mol. The normalized spacial score (nSPS) is 11.6. The lowest BCUT2D eigenvalue weighted by Gasteiger charge is -2.05. The van der Waals surface area contributed by atoms with Gasteiger partial charge in [0.15, 0.2) is 0 Å². The van der Waals surface area contributed by atoms with Gasteiger partial charge in [0.25, 0.3) is 0 Å². The minimum absolute atomic E-state index is 0.248. The number of benzene rings is 3. The van der Waals surface area contributed by atoms with Gasteiger partial charge in [0.2, 0.25) is 5.90 Å². The summed E-state index contributed by atoms with van der Waals surface area (Å²) in [7, 11) is 0. The zero-order valence-electron chi connectivity index (χ0n) is 13.4. The number of thioether (sulfide) groups is 1. The Morgan fingerprint density at radius 3 is 2.20 bits per heavy atom. The van der Waals surface area contributed by atoms with Crippen LogP contribution in [0.15, 0.2) is 106 Å². The Bertz CT molecular complexity index is 863. The number of halogens is 1. The third-order valence-electron chi connectivity index (χ3n) is 3.20. The van der Waals surface area contributed by atoms with Crippen LogP contribution in [0.5, 0.6) is 5.75 Å². The zero-order chi connectivity index (χ0) is 17.3. The van der Waals surface area contributed by atoms with Crippen LogP contribution in [0.1, 0.15) is 0 Å². The van der Waals surface area contributed by atoms with Crippen LogP contribution in [0.3, 0.4) is 0 Å². The largest absolute Gasteiger partial charge is 0.439 e. The van der Waals surface area contributed by atoms with E-state index in [4.69, 9.17) is 4.74 Å². The molecule has 0 spiro atoms. The van der Waals surface area contributed by atoms with Crippen LogP contribution in [-0.2, 0) is 0 Å². The zero-order valence-corrected chi connectivity index (χ0v) is 14.2. The van der Waals surface area contributed by atoms with Gasteiger partial charge in [-0.3, -0.25) is 0 Å². The molecule has 3 aromatic carbocycles. The Kier molecular flexibility index (Phi) is 6.01. The van der Waals surface area contributed by atoms with E-state index in [0.717, 1.165) is 5.69 Å². The van der Waals surface area contributed by atoms with Gasteiger partial charge in [-0.15, -0.1) is 0 Å². The summed E-state index contributed by atoms with van der Waals surface area (Å²) >= 11 is 1.28. The molecule has 0 atom stereocenters. The third-order valence-corrected chi connectivity index (χ3v) is 4.06. The van der Waals surface area contributed by atoms with E-state index in [1.807, 2.05) is 60.7 Å². The van der Waals surface area contributed by atoms with Crippen molar-refractivity contribution in [1.82, 2.24) is 0 Å². The number of nitrogens with zero attached hydrogens (tertiary/aromatic N) is 1. The first-order valence-corrected chi connectivity index (χ1v) is 8.63. The summed E-state index contributed by atoms with van der Waals surface area (Å²) in [4.78, 5) is 5.06. The Hall–Kier alpha value is -2.85. The van der Waals surface area contributed by atoms with Crippen LogP contribution < -0.4 is 4.74 Å². The van der Waals surface area contributed by atoms with Crippen molar-refractivity contribution in [3.05, 3.63) is 102 Å². The minimum atomic E-state index is -0.248. The van der Waals surface area contributed by atoms with Crippen LogP contribution >= 0.6 is 11.8 Å². The van der Waals surface area contributed by atoms with Crippen molar-refractivity contribution in [3.8, 4) is 5.75 Å². The van der Waals surface area contributed by atoms with E-state index in [1.165, 1.54) is 17.8 Å². The van der Waals surface area contributed by atoms with Gasteiger partial charge >= 0.3 is 0 Å². The van der Waals surface area contributed by atoms with Crippen LogP contribution in [0.4, 0.5) is 10.1 Å². The number of para-hydroxylation sites is 2. The molecule has 25 heavy (non-hydrogen) atoms. The Labute approximate surface area is 150 Å². The second kappa shape index (κ2) is 8.85. The fraction of sp³-hybridized carbons (Fsp3) is 0. The first kappa shape index (κ1) is 17.0. The highest BCUT2D eigenvalue weighted by molar-refractivity contribution is 8.02. The average Bonchev–Trinajstić information content (AvgIpc) is 2.65. The standard InChI is InChI=1S/C21H16FNOS/c22-19-13-7-8-14-20(19)25-16-15-21(23-17-9-3-1-4-10-17)24-18-11-5-2-6-12-18/h1-16H. The van der Waals surface area contributed by atoms with E-state index in [2.05, 4.69) is 4.99 Å². The van der Waals surface area contributed by atoms with Crippen molar-refractivity contribution in [2.24, 2.45) is 4.99 Å². The molecule has 4 heteroatoms. The number of hydrogen-bond acceptors (Lipinski definition) is 3. The molecule has 2 nitrogen and oxygen atoms in total. The molecule has 3 rings (SSSR count). The lowest BCUT2D eigenvalue weighted by atomic mass is 10.3. The SMILES string of the molecule is Fc1ccccc1SC=CC(=Nc1ccccc1)Oc1ccccc1. The van der Waals surface area contributed by atoms with E-state index in [0.29, 0.717) is 16.5 Å². The number of ether oxygens (including phenoxy) is 1. The van der Waals surface area contributed by atoms with Gasteiger partial charge in [0.05, 0.1) is 5.69 Å². The second-order valence-electron chi connectivity index (χ2n) is 5.05. The highest BCUT2D eigenvalue weighted by Crippen LogP contribution is 2.22. The Morgan fingerprint density at radius 1 is 0.840 bits per heavy atom. The molecule has 0 aliphatic rings. The monoisotopic (exact) mass is 349 g/mol. The van der Waals surface area contributed by atoms with Gasteiger partial charge < -0.3 is 4.74 Å². The second-order valence-corrected chi connectivity index (χ2v) is 6.00. The highest BCUT2D eigenvalue weighted by atomic mass is 32.2. The van der Waals surface area contributed by atoms with E-state index in [-0.39, 0.29) is 5.82 Å². The molecule has 0 amide bonds. The van der Waals surface area contributed by atoms with E-state index >= 15 is 0 Å². The van der Waals surface area contributed by atoms with Crippen molar-refractivity contribution in [2.45, 2.75) is 4.90 Å². The van der Waals surface area contributed by atoms with E-state index in [9.17, 15) is 4.39 Å². The molecule has 0 aliphatic carbocycles. The molecule has 0 radical (unpaired) electrons. The fourth-order valence-electron chi connectivity index (χ4n) is 2.04. The molecule has 0 unspecified atom stereocenters. The first-order valence-electron chi connectivity index (χ1n) is 7.75. The number of hydrogen-bond donors (Lipinski definition) is 0. The molecule has 0 heterocycles. The Balaban J connectivity index is 1.80. The molecule has 0 saturated carbocycles. The molecule has 0 aromatic heterocycles. The average molecular weight is 349 g/mol. The number of aliphatic imine (C=N–C) groups is 1. The van der Waals surface area contributed by atoms with Crippen LogP contribution in [0.25, 0.3) is 0 Å². The lowest BCUT2D eigenvalue weighted by Crippen LogP contribution is -2.04. The van der Waals surface area contributed by atoms with Crippen LogP contribution in [-0.4, -0.2) is 5.90 Å². The summed E-state index contributed by atoms with van der Waals surface area (Å²) in [5, 5.41) is 1.77. The summed E-state index contributed by atoms with van der Waals surface area (Å²) in [6.07, 6.45) is 1.73. The third kappa shape index (κ3) is 5.33. The van der Waals surface area contributed by atoms with Crippen molar-refractivity contribution in [1.29, 1.82) is 0 Å². The van der Waals surface area contributed by atoms with Gasteiger partial charge in [0, 0.05) is 11.0 Å². The molecule has 0 N–H and O–H groups in total. The Morgan fingerprint density at radius 2 is 1.48 bits per heavy atom. The predicted octanol–water partition coefficient (Wildman–Crippen LogP) is 6.24. The maximum Gasteiger partial charge on any atom is 0.220 e. The van der Waals surface area contributed by atoms with Crippen molar-refractivity contribution < 1.29 is 9.13 Å². The highest BCUT2D eigenvalue weighted by Gasteiger charge is 2.02. The lowest BCUT2D eigenvalue weighted by molar-refractivity contribution is 0.556. The quantitative estimate of drug-likeness (QED) is 0.309. The van der Waals surface area contributed by atoms with Crippen molar-refractivity contribution in [2.75, 3.05) is 0 Å². The van der Waals surface area contributed by atoms with Gasteiger partial charge in [-0.05, 0) is 41.8 Å². The predicted molar refractivity (Wildman–Crippen MR) is 102 cm³/mol. The minimum Gasteiger partial charge on any atom is -0.439 e. The van der Waals surface area contributed by atoms with E-state index in [1.54, 1.807) is 29.7 Å². The van der Waals surface area contributed by atoms with Crippen molar-refractivity contribution in [3.63, 3.8) is 0 Å². The summed E-state index contributed by atoms with van der Waals surface area (Å²) in [6.45, 7) is 0. The summed E-state index contributed by atoms with van der Waals surface area (Å²) in [5.74, 6) is 0.877. The molecule has 0 saturated heterocycles. The first-order chi connectivity index (χ1) is 12.3. The van der Waals surface area contributed by atoms with E-state index < -0.39 is 0 Å². The molecule has 3 aromatic rings. The smallest absolute Gasteiger partial charge is 0.220 e. The number of rotatable bonds is 5. The summed E-state index contributed by atoms with van der Waals surface area (Å²) in [6, 6.07) is 25.6. The van der Waals surface area contributed by atoms with Gasteiger partial charge in [-0.25, -0.2) is 9.38 Å². The van der Waals surface area contributed by atoms with Gasteiger partial charge in [0.1, 0.15) is 11.6 Å². The topological polar surface area (TPSA) is 21.6 Å².